The molecule has 1 saturated carbocycles. The lowest BCUT2D eigenvalue weighted by Crippen LogP contribution is -2.18. The summed E-state index contributed by atoms with van der Waals surface area (Å²) >= 11 is 0. The number of nitrogens with two attached hydrogens (primary N) is 1. The van der Waals surface area contributed by atoms with Crippen LogP contribution in [0.2, 0.25) is 0 Å². The Kier molecular flexibility index (Phi) is 3.43. The molecule has 5 nitrogen and oxygen atoms in total. The van der Waals surface area contributed by atoms with E-state index in [2.05, 4.69) is 29.4 Å². The van der Waals surface area contributed by atoms with Gasteiger partial charge in [-0.2, -0.15) is 4.98 Å². The molecule has 0 bridgehead atoms. The minimum absolute atomic E-state index is 0.306. The number of hydrogen-bond donors (Lipinski definition) is 2. The molecule has 1 aromatic rings. The maximum absolute atomic E-state index is 5.21. The van der Waals surface area contributed by atoms with Crippen LogP contribution < -0.4 is 11.3 Å². The molecule has 0 saturated heterocycles. The Hall–Kier alpha value is -1.10. The molecule has 1 aliphatic rings. The number of nitrogens with zero attached hydrogens (tertiary/aromatic N) is 2. The molecule has 2 rings (SSSR count). The third kappa shape index (κ3) is 2.35. The van der Waals surface area contributed by atoms with Crippen molar-refractivity contribution in [2.24, 2.45) is 17.7 Å². The van der Waals surface area contributed by atoms with E-state index in [1.165, 1.54) is 12.8 Å². The molecule has 1 heterocycles. The van der Waals surface area contributed by atoms with E-state index < -0.39 is 0 Å². The minimum atomic E-state index is 0.306. The third-order valence-corrected chi connectivity index (χ3v) is 3.65. The fourth-order valence-corrected chi connectivity index (χ4v) is 2.50. The van der Waals surface area contributed by atoms with Gasteiger partial charge < -0.3 is 4.52 Å². The molecule has 16 heavy (non-hydrogen) atoms. The fraction of sp³-hybridized carbons (Fsp3) is 0.818. The molecule has 1 aromatic heterocycles. The van der Waals surface area contributed by atoms with Gasteiger partial charge in [0, 0.05) is 5.92 Å². The van der Waals surface area contributed by atoms with Crippen LogP contribution in [0, 0.1) is 11.8 Å². The summed E-state index contributed by atoms with van der Waals surface area (Å²) in [6.45, 7) is 4.60. The van der Waals surface area contributed by atoms with Crippen LogP contribution in [-0.4, -0.2) is 10.1 Å². The van der Waals surface area contributed by atoms with Crippen molar-refractivity contribution in [3.05, 3.63) is 5.82 Å². The van der Waals surface area contributed by atoms with Crippen LogP contribution in [0.15, 0.2) is 4.52 Å². The Bertz CT molecular complexity index is 328. The number of rotatable bonds is 3. The zero-order valence-corrected chi connectivity index (χ0v) is 9.94. The first-order valence-corrected chi connectivity index (χ1v) is 6.01. The first kappa shape index (κ1) is 11.4. The molecule has 0 atom stereocenters. The van der Waals surface area contributed by atoms with Gasteiger partial charge in [-0.3, -0.25) is 5.43 Å². The molecular formula is C11H20N4O. The van der Waals surface area contributed by atoms with E-state index in [0.29, 0.717) is 11.9 Å². The molecule has 1 aliphatic carbocycles. The van der Waals surface area contributed by atoms with E-state index in [1.807, 2.05) is 0 Å². The number of hydrazine groups is 1. The highest BCUT2D eigenvalue weighted by atomic mass is 16.5. The second-order valence-electron chi connectivity index (χ2n) is 4.96. The summed E-state index contributed by atoms with van der Waals surface area (Å²) in [5, 5.41) is 3.95. The zero-order valence-electron chi connectivity index (χ0n) is 9.94. The molecule has 5 heteroatoms. The van der Waals surface area contributed by atoms with Crippen molar-refractivity contribution < 1.29 is 4.52 Å². The molecule has 0 unspecified atom stereocenters. The fourth-order valence-electron chi connectivity index (χ4n) is 2.50. The van der Waals surface area contributed by atoms with Crippen LogP contribution in [0.1, 0.15) is 51.3 Å². The summed E-state index contributed by atoms with van der Waals surface area (Å²) in [5.74, 6) is 8.10. The molecule has 0 amide bonds. The van der Waals surface area contributed by atoms with E-state index in [1.54, 1.807) is 0 Å². The van der Waals surface area contributed by atoms with Gasteiger partial charge in [-0.15, -0.1) is 0 Å². The second kappa shape index (κ2) is 4.82. The number of anilines is 1. The molecule has 1 fully saturated rings. The molecule has 90 valence electrons. The first-order chi connectivity index (χ1) is 7.70. The summed E-state index contributed by atoms with van der Waals surface area (Å²) < 4.78 is 4.94. The molecule has 0 spiro atoms. The highest BCUT2D eigenvalue weighted by Gasteiger charge is 2.27. The van der Waals surface area contributed by atoms with Gasteiger partial charge >= 0.3 is 6.01 Å². The van der Waals surface area contributed by atoms with Gasteiger partial charge in [0.25, 0.3) is 0 Å². The number of hydrogen-bond acceptors (Lipinski definition) is 5. The van der Waals surface area contributed by atoms with Crippen molar-refractivity contribution in [1.29, 1.82) is 0 Å². The normalized spacial score (nSPS) is 26.0. The second-order valence-corrected chi connectivity index (χ2v) is 4.96. The summed E-state index contributed by atoms with van der Waals surface area (Å²) in [6.07, 6.45) is 4.85. The van der Waals surface area contributed by atoms with E-state index in [4.69, 9.17) is 10.4 Å². The lowest BCUT2D eigenvalue weighted by molar-refractivity contribution is 0.252. The van der Waals surface area contributed by atoms with Crippen LogP contribution in [0.5, 0.6) is 0 Å². The van der Waals surface area contributed by atoms with E-state index >= 15 is 0 Å². The van der Waals surface area contributed by atoms with E-state index in [0.717, 1.165) is 30.5 Å². The molecule has 0 aromatic carbocycles. The lowest BCUT2D eigenvalue weighted by Gasteiger charge is -2.29. The van der Waals surface area contributed by atoms with E-state index in [-0.39, 0.29) is 0 Å². The summed E-state index contributed by atoms with van der Waals surface area (Å²) in [5.41, 5.74) is 2.37. The van der Waals surface area contributed by atoms with Crippen molar-refractivity contribution in [2.45, 2.75) is 45.4 Å². The smallest absolute Gasteiger partial charge is 0.314 e. The molecule has 0 aliphatic heterocycles. The van der Waals surface area contributed by atoms with Crippen molar-refractivity contribution >= 4 is 6.01 Å². The average molecular weight is 224 g/mol. The van der Waals surface area contributed by atoms with Crippen LogP contribution >= 0.6 is 0 Å². The Labute approximate surface area is 95.8 Å². The highest BCUT2D eigenvalue weighted by molar-refractivity contribution is 5.16. The van der Waals surface area contributed by atoms with Gasteiger partial charge in [-0.05, 0) is 37.5 Å². The molecular weight excluding hydrogens is 204 g/mol. The maximum Gasteiger partial charge on any atom is 0.335 e. The standard InChI is InChI=1S/C11H20N4O/c1-7(2)8-3-5-9(6-4-8)10-13-11(14-12)16-15-10/h7-9H,3-6,12H2,1-2H3,(H,13,14,15). The van der Waals surface area contributed by atoms with Gasteiger partial charge in [0.1, 0.15) is 0 Å². The number of aromatic nitrogens is 2. The third-order valence-electron chi connectivity index (χ3n) is 3.65. The first-order valence-electron chi connectivity index (χ1n) is 6.01. The lowest BCUT2D eigenvalue weighted by atomic mass is 9.77. The average Bonchev–Trinajstić information content (AvgIpc) is 2.77. The van der Waals surface area contributed by atoms with Crippen molar-refractivity contribution in [3.63, 3.8) is 0 Å². The van der Waals surface area contributed by atoms with Crippen LogP contribution in [0.4, 0.5) is 6.01 Å². The van der Waals surface area contributed by atoms with Gasteiger partial charge in [0.15, 0.2) is 5.82 Å². The predicted octanol–water partition coefficient (Wildman–Crippen LogP) is 2.29. The van der Waals surface area contributed by atoms with Crippen LogP contribution in [-0.2, 0) is 0 Å². The molecule has 0 radical (unpaired) electrons. The Morgan fingerprint density at radius 3 is 2.50 bits per heavy atom. The minimum Gasteiger partial charge on any atom is -0.314 e. The maximum atomic E-state index is 5.21. The largest absolute Gasteiger partial charge is 0.335 e. The SMILES string of the molecule is CC(C)C1CCC(c2noc(NN)n2)CC1. The Balaban J connectivity index is 1.93. The van der Waals surface area contributed by atoms with E-state index in [9.17, 15) is 0 Å². The Morgan fingerprint density at radius 2 is 2.00 bits per heavy atom. The van der Waals surface area contributed by atoms with Crippen LogP contribution in [0.3, 0.4) is 0 Å². The number of nitrogens with one attached hydrogen (secondary N) is 1. The van der Waals surface area contributed by atoms with Gasteiger partial charge in [-0.25, -0.2) is 5.84 Å². The summed E-state index contributed by atoms with van der Waals surface area (Å²) in [4.78, 5) is 4.21. The molecule has 3 N–H and O–H groups in total. The van der Waals surface area contributed by atoms with Gasteiger partial charge in [0.05, 0.1) is 0 Å². The monoisotopic (exact) mass is 224 g/mol. The topological polar surface area (TPSA) is 77.0 Å². The summed E-state index contributed by atoms with van der Waals surface area (Å²) in [6, 6.07) is 0.306. The van der Waals surface area contributed by atoms with Crippen molar-refractivity contribution in [3.8, 4) is 0 Å². The highest BCUT2D eigenvalue weighted by Crippen LogP contribution is 2.37. The van der Waals surface area contributed by atoms with Crippen LogP contribution in [0.25, 0.3) is 0 Å². The zero-order chi connectivity index (χ0) is 11.5. The Morgan fingerprint density at radius 1 is 1.31 bits per heavy atom. The number of nitrogen functional groups attached to an aromatic ring is 1. The van der Waals surface area contributed by atoms with Gasteiger partial charge in [-0.1, -0.05) is 19.0 Å². The predicted molar refractivity (Wildman–Crippen MR) is 61.6 cm³/mol. The van der Waals surface area contributed by atoms with Gasteiger partial charge in [0.2, 0.25) is 0 Å². The van der Waals surface area contributed by atoms with Crippen molar-refractivity contribution in [1.82, 2.24) is 10.1 Å². The quantitative estimate of drug-likeness (QED) is 0.608. The van der Waals surface area contributed by atoms with Crippen molar-refractivity contribution in [2.75, 3.05) is 5.43 Å². The summed E-state index contributed by atoms with van der Waals surface area (Å²) in [7, 11) is 0.